The van der Waals surface area contributed by atoms with E-state index in [0.29, 0.717) is 6.04 Å². The van der Waals surface area contributed by atoms with E-state index in [1.807, 2.05) is 0 Å². The van der Waals surface area contributed by atoms with Crippen LogP contribution in [0.4, 0.5) is 0 Å². The Balaban J connectivity index is 0.000000509. The van der Waals surface area contributed by atoms with Crippen molar-refractivity contribution in [1.82, 2.24) is 20.0 Å². The highest BCUT2D eigenvalue weighted by Gasteiger charge is 2.23. The van der Waals surface area contributed by atoms with E-state index in [2.05, 4.69) is 90.3 Å². The molecule has 35 heavy (non-hydrogen) atoms. The van der Waals surface area contributed by atoms with Gasteiger partial charge in [0.1, 0.15) is 0 Å². The zero-order chi connectivity index (χ0) is 25.4. The molecule has 0 bridgehead atoms. The molecule has 1 atom stereocenters. The number of aromatic nitrogens is 2. The summed E-state index contributed by atoms with van der Waals surface area (Å²) in [6.07, 6.45) is 1.21. The largest absolute Gasteiger partial charge is 0.473 e. The van der Waals surface area contributed by atoms with Crippen LogP contribution in [0.2, 0.25) is 0 Å². The van der Waals surface area contributed by atoms with Crippen LogP contribution in [-0.2, 0) is 29.2 Å². The molecule has 186 valence electrons. The van der Waals surface area contributed by atoms with Crippen molar-refractivity contribution in [3.05, 3.63) is 88.2 Å². The van der Waals surface area contributed by atoms with Crippen LogP contribution in [0.5, 0.6) is 0 Å². The van der Waals surface area contributed by atoms with Crippen molar-refractivity contribution in [3.63, 3.8) is 0 Å². The first-order valence-electron chi connectivity index (χ1n) is 11.8. The number of rotatable bonds is 7. The second kappa shape index (κ2) is 12.3. The Bertz CT molecular complexity index is 1110. The summed E-state index contributed by atoms with van der Waals surface area (Å²) < 4.78 is 2.15. The lowest BCUT2D eigenvalue weighted by atomic mass is 10.1. The van der Waals surface area contributed by atoms with Gasteiger partial charge in [-0.25, -0.2) is 9.59 Å². The molecule has 0 saturated carbocycles. The van der Waals surface area contributed by atoms with Crippen LogP contribution < -0.4 is 5.32 Å². The topological polar surface area (TPSA) is 108 Å². The van der Waals surface area contributed by atoms with Crippen LogP contribution in [0.25, 0.3) is 0 Å². The predicted molar refractivity (Wildman–Crippen MR) is 134 cm³/mol. The van der Waals surface area contributed by atoms with Crippen molar-refractivity contribution in [2.75, 3.05) is 13.1 Å². The monoisotopic (exact) mass is 478 g/mol. The lowest BCUT2D eigenvalue weighted by molar-refractivity contribution is -0.159. The molecule has 0 aliphatic carbocycles. The Kier molecular flexibility index (Phi) is 9.17. The fourth-order valence-electron chi connectivity index (χ4n) is 4.24. The fourth-order valence-corrected chi connectivity index (χ4v) is 4.24. The van der Waals surface area contributed by atoms with Gasteiger partial charge in [-0.1, -0.05) is 60.2 Å². The number of aliphatic carboxylic acids is 2. The summed E-state index contributed by atoms with van der Waals surface area (Å²) in [5.41, 5.74) is 7.75. The van der Waals surface area contributed by atoms with Gasteiger partial charge in [0.05, 0.1) is 12.2 Å². The van der Waals surface area contributed by atoms with E-state index in [-0.39, 0.29) is 0 Å². The van der Waals surface area contributed by atoms with E-state index in [1.165, 1.54) is 34.4 Å². The number of nitrogens with zero attached hydrogens (tertiary/aromatic N) is 3. The Labute approximate surface area is 206 Å². The van der Waals surface area contributed by atoms with E-state index >= 15 is 0 Å². The Hall–Kier alpha value is -3.49. The van der Waals surface area contributed by atoms with Crippen molar-refractivity contribution in [1.29, 1.82) is 0 Å². The van der Waals surface area contributed by atoms with E-state index in [9.17, 15) is 0 Å². The van der Waals surface area contributed by atoms with Gasteiger partial charge in [0, 0.05) is 43.5 Å². The van der Waals surface area contributed by atoms with Crippen LogP contribution in [0, 0.1) is 20.8 Å². The number of carboxylic acid groups (broad SMARTS) is 2. The third-order valence-electron chi connectivity index (χ3n) is 6.26. The SMILES string of the molecule is Cc1ccc(Cn2nc(C)c(CNC3CCN(Cc4ccccc4)C3)c2C)cc1.O=C(O)C(=O)O. The maximum Gasteiger partial charge on any atom is 0.414 e. The molecule has 0 spiro atoms. The molecule has 2 aromatic carbocycles. The standard InChI is InChI=1S/C25H32N4.C2H2O4/c1-19-9-11-23(12-10-19)17-29-21(3)25(20(2)27-29)15-26-24-13-14-28(18-24)16-22-7-5-4-6-8-22;3-1(4)2(5)6/h4-12,24,26H,13-18H2,1-3H3;(H,3,4)(H,5,6). The number of carboxylic acids is 2. The maximum atomic E-state index is 9.10. The summed E-state index contributed by atoms with van der Waals surface area (Å²) in [4.78, 5) is 20.7. The second-order valence-corrected chi connectivity index (χ2v) is 8.99. The number of aryl methyl sites for hydroxylation is 2. The van der Waals surface area contributed by atoms with Crippen LogP contribution >= 0.6 is 0 Å². The van der Waals surface area contributed by atoms with Gasteiger partial charge in [-0.15, -0.1) is 0 Å². The minimum Gasteiger partial charge on any atom is -0.473 e. The molecule has 1 fully saturated rings. The van der Waals surface area contributed by atoms with Crippen LogP contribution in [0.15, 0.2) is 54.6 Å². The highest BCUT2D eigenvalue weighted by atomic mass is 16.4. The summed E-state index contributed by atoms with van der Waals surface area (Å²) in [5.74, 6) is -3.65. The lowest BCUT2D eigenvalue weighted by Crippen LogP contribution is -2.32. The van der Waals surface area contributed by atoms with Gasteiger partial charge < -0.3 is 15.5 Å². The fraction of sp³-hybridized carbons (Fsp3) is 0.370. The molecular formula is C27H34N4O4. The van der Waals surface area contributed by atoms with Crippen LogP contribution in [0.1, 0.15) is 40.1 Å². The van der Waals surface area contributed by atoms with Gasteiger partial charge in [0.15, 0.2) is 0 Å². The molecule has 8 nitrogen and oxygen atoms in total. The van der Waals surface area contributed by atoms with Crippen LogP contribution in [0.3, 0.4) is 0 Å². The van der Waals surface area contributed by atoms with Gasteiger partial charge in [0.25, 0.3) is 0 Å². The molecule has 2 heterocycles. The minimum atomic E-state index is -1.82. The number of likely N-dealkylation sites (tertiary alicyclic amines) is 1. The molecule has 1 unspecified atom stereocenters. The first-order valence-corrected chi connectivity index (χ1v) is 11.8. The molecular weight excluding hydrogens is 444 g/mol. The van der Waals surface area contributed by atoms with E-state index in [0.717, 1.165) is 38.4 Å². The van der Waals surface area contributed by atoms with Crippen molar-refractivity contribution in [2.24, 2.45) is 0 Å². The third-order valence-corrected chi connectivity index (χ3v) is 6.26. The normalized spacial score (nSPS) is 15.5. The van der Waals surface area contributed by atoms with Crippen molar-refractivity contribution >= 4 is 11.9 Å². The molecule has 0 amide bonds. The molecule has 3 aromatic rings. The quantitative estimate of drug-likeness (QED) is 0.447. The first kappa shape index (κ1) is 26.1. The van der Waals surface area contributed by atoms with Gasteiger partial charge in [-0.05, 0) is 38.3 Å². The van der Waals surface area contributed by atoms with Crippen molar-refractivity contribution < 1.29 is 19.8 Å². The van der Waals surface area contributed by atoms with Crippen molar-refractivity contribution in [2.45, 2.75) is 52.9 Å². The maximum absolute atomic E-state index is 9.10. The number of nitrogens with one attached hydrogen (secondary N) is 1. The average Bonchev–Trinajstić information content (AvgIpc) is 3.38. The highest BCUT2D eigenvalue weighted by molar-refractivity contribution is 6.27. The smallest absolute Gasteiger partial charge is 0.414 e. The van der Waals surface area contributed by atoms with Crippen LogP contribution in [-0.4, -0.2) is 56.0 Å². The summed E-state index contributed by atoms with van der Waals surface area (Å²) >= 11 is 0. The Morgan fingerprint density at radius 2 is 1.57 bits per heavy atom. The molecule has 1 aromatic heterocycles. The van der Waals surface area contributed by atoms with E-state index in [1.54, 1.807) is 0 Å². The van der Waals surface area contributed by atoms with Gasteiger partial charge in [0.2, 0.25) is 0 Å². The average molecular weight is 479 g/mol. The number of hydrogen-bond donors (Lipinski definition) is 3. The van der Waals surface area contributed by atoms with Gasteiger partial charge >= 0.3 is 11.9 Å². The first-order chi connectivity index (χ1) is 16.7. The molecule has 8 heteroatoms. The molecule has 1 aliphatic rings. The third kappa shape index (κ3) is 7.77. The van der Waals surface area contributed by atoms with Crippen molar-refractivity contribution in [3.8, 4) is 0 Å². The second-order valence-electron chi connectivity index (χ2n) is 8.99. The Morgan fingerprint density at radius 3 is 2.20 bits per heavy atom. The predicted octanol–water partition coefficient (Wildman–Crippen LogP) is 3.38. The summed E-state index contributed by atoms with van der Waals surface area (Å²) in [5, 5.41) is 23.4. The zero-order valence-corrected chi connectivity index (χ0v) is 20.6. The Morgan fingerprint density at radius 1 is 0.943 bits per heavy atom. The molecule has 4 rings (SSSR count). The number of benzene rings is 2. The summed E-state index contributed by atoms with van der Waals surface area (Å²) in [6, 6.07) is 20.1. The summed E-state index contributed by atoms with van der Waals surface area (Å²) in [7, 11) is 0. The highest BCUT2D eigenvalue weighted by Crippen LogP contribution is 2.18. The minimum absolute atomic E-state index is 0.554. The molecule has 3 N–H and O–H groups in total. The van der Waals surface area contributed by atoms with Gasteiger partial charge in [-0.2, -0.15) is 5.10 Å². The summed E-state index contributed by atoms with van der Waals surface area (Å²) in [6.45, 7) is 11.5. The van der Waals surface area contributed by atoms with E-state index < -0.39 is 11.9 Å². The lowest BCUT2D eigenvalue weighted by Gasteiger charge is -2.17. The molecule has 1 saturated heterocycles. The van der Waals surface area contributed by atoms with E-state index in [4.69, 9.17) is 24.9 Å². The molecule has 1 aliphatic heterocycles. The zero-order valence-electron chi connectivity index (χ0n) is 20.6. The number of carbonyl (C=O) groups is 2. The number of hydrogen-bond acceptors (Lipinski definition) is 5. The van der Waals surface area contributed by atoms with Gasteiger partial charge in [-0.3, -0.25) is 9.58 Å². The molecule has 0 radical (unpaired) electrons.